The van der Waals surface area contributed by atoms with Crippen molar-refractivity contribution in [3.63, 3.8) is 0 Å². The number of aliphatic imine (C=N–C) groups is 1. The summed E-state index contributed by atoms with van der Waals surface area (Å²) < 4.78 is 9.15. The topological polar surface area (TPSA) is 83.0 Å². The number of ether oxygens (including phenoxy) is 1. The van der Waals surface area contributed by atoms with Gasteiger partial charge in [0.2, 0.25) is 5.17 Å². The monoisotopic (exact) mass is 549 g/mol. The molecule has 0 saturated carbocycles. The Bertz CT molecular complexity index is 1420. The van der Waals surface area contributed by atoms with Gasteiger partial charge in [-0.05, 0) is 67.9 Å². The van der Waals surface area contributed by atoms with E-state index in [4.69, 9.17) is 10.1 Å². The van der Waals surface area contributed by atoms with Crippen LogP contribution < -0.4 is 4.74 Å². The third-order valence-corrected chi connectivity index (χ3v) is 7.42. The lowest BCUT2D eigenvalue weighted by Crippen LogP contribution is -2.35. The number of fused-ring (bicyclic) bond motifs is 2. The summed E-state index contributed by atoms with van der Waals surface area (Å²) in [5, 5.41) is 17.0. The standard InChI is InChI=1S/C26H24BrN5O2S/c1-3-6-23-30-32-24(28)21(25(33)29-26(32)35-23)15-20-16(2)31(22-8-5-4-7-19(20)22)13-14-34-18-11-9-17(27)10-12-18/h4-5,7-12,15,28H,3,6,13-14H2,1-2H3/b21-15-,28-24?. The number of carbonyl (C=O) groups is 1. The van der Waals surface area contributed by atoms with Gasteiger partial charge < -0.3 is 9.30 Å². The van der Waals surface area contributed by atoms with Crippen molar-refractivity contribution in [1.82, 2.24) is 9.58 Å². The van der Waals surface area contributed by atoms with Gasteiger partial charge in [0.05, 0.1) is 12.1 Å². The average molecular weight is 550 g/mol. The van der Waals surface area contributed by atoms with Gasteiger partial charge in [-0.15, -0.1) is 0 Å². The summed E-state index contributed by atoms with van der Waals surface area (Å²) in [7, 11) is 0. The average Bonchev–Trinajstić information content (AvgIpc) is 3.37. The largest absolute Gasteiger partial charge is 0.492 e. The maximum absolute atomic E-state index is 12.9. The number of hydrazone groups is 1. The minimum absolute atomic E-state index is 0.0633. The van der Waals surface area contributed by atoms with E-state index in [0.717, 1.165) is 50.3 Å². The van der Waals surface area contributed by atoms with E-state index >= 15 is 0 Å². The Morgan fingerprint density at radius 1 is 1.17 bits per heavy atom. The van der Waals surface area contributed by atoms with E-state index in [-0.39, 0.29) is 11.4 Å². The molecule has 7 nitrogen and oxygen atoms in total. The first-order valence-corrected chi connectivity index (χ1v) is 13.0. The summed E-state index contributed by atoms with van der Waals surface area (Å²) in [5.41, 5.74) is 3.20. The predicted octanol–water partition coefficient (Wildman–Crippen LogP) is 6.21. The zero-order chi connectivity index (χ0) is 24.5. The van der Waals surface area contributed by atoms with E-state index in [1.165, 1.54) is 16.8 Å². The Morgan fingerprint density at radius 2 is 1.94 bits per heavy atom. The molecule has 0 atom stereocenters. The molecule has 0 saturated heterocycles. The van der Waals surface area contributed by atoms with Crippen LogP contribution in [-0.2, 0) is 11.3 Å². The molecular formula is C26H24BrN5O2S. The third-order valence-electron chi connectivity index (χ3n) is 5.93. The third kappa shape index (κ3) is 4.58. The maximum atomic E-state index is 12.9. The number of thioether (sulfide) groups is 1. The zero-order valence-corrected chi connectivity index (χ0v) is 21.8. The maximum Gasteiger partial charge on any atom is 0.283 e. The number of nitrogens with one attached hydrogen (secondary N) is 1. The number of benzene rings is 2. The SMILES string of the molecule is CCCC1=NN2C(=N)/C(=C/c3c(C)n(CCOc4ccc(Br)cc4)c4ccccc34)C(=O)N=C2S1. The van der Waals surface area contributed by atoms with Crippen molar-refractivity contribution in [3.8, 4) is 5.75 Å². The van der Waals surface area contributed by atoms with Crippen LogP contribution in [0, 0.1) is 12.3 Å². The molecule has 3 aromatic rings. The molecule has 0 spiro atoms. The molecule has 1 amide bonds. The number of hydrogen-bond acceptors (Lipinski definition) is 5. The Morgan fingerprint density at radius 3 is 2.71 bits per heavy atom. The first kappa shape index (κ1) is 23.6. The van der Waals surface area contributed by atoms with Gasteiger partial charge in [-0.3, -0.25) is 10.2 Å². The highest BCUT2D eigenvalue weighted by molar-refractivity contribution is 9.10. The summed E-state index contributed by atoms with van der Waals surface area (Å²) >= 11 is 4.81. The van der Waals surface area contributed by atoms with Gasteiger partial charge in [-0.25, -0.2) is 0 Å². The lowest BCUT2D eigenvalue weighted by Gasteiger charge is -2.20. The molecule has 0 bridgehead atoms. The summed E-state index contributed by atoms with van der Waals surface area (Å²) in [6.45, 7) is 5.25. The number of para-hydroxylation sites is 1. The number of amidine groups is 2. The zero-order valence-electron chi connectivity index (χ0n) is 19.4. The fourth-order valence-electron chi connectivity index (χ4n) is 4.20. The van der Waals surface area contributed by atoms with E-state index in [9.17, 15) is 4.79 Å². The molecule has 2 aromatic carbocycles. The molecule has 35 heavy (non-hydrogen) atoms. The number of rotatable bonds is 7. The van der Waals surface area contributed by atoms with Gasteiger partial charge in [0.15, 0.2) is 5.84 Å². The van der Waals surface area contributed by atoms with E-state index in [1.54, 1.807) is 6.08 Å². The van der Waals surface area contributed by atoms with Crippen LogP contribution in [0.2, 0.25) is 0 Å². The molecule has 178 valence electrons. The van der Waals surface area contributed by atoms with E-state index < -0.39 is 5.91 Å². The number of halogens is 1. The van der Waals surface area contributed by atoms with E-state index in [0.29, 0.717) is 18.3 Å². The quantitative estimate of drug-likeness (QED) is 0.355. The molecule has 0 aliphatic carbocycles. The second-order valence-electron chi connectivity index (χ2n) is 8.23. The van der Waals surface area contributed by atoms with Crippen molar-refractivity contribution in [2.24, 2.45) is 10.1 Å². The fraction of sp³-hybridized carbons (Fsp3) is 0.231. The van der Waals surface area contributed by atoms with Gasteiger partial charge in [0, 0.05) is 26.6 Å². The fourth-order valence-corrected chi connectivity index (χ4v) is 5.46. The smallest absolute Gasteiger partial charge is 0.283 e. The van der Waals surface area contributed by atoms with Gasteiger partial charge >= 0.3 is 0 Å². The van der Waals surface area contributed by atoms with Gasteiger partial charge in [0.1, 0.15) is 17.4 Å². The lowest BCUT2D eigenvalue weighted by molar-refractivity contribution is -0.114. The predicted molar refractivity (Wildman–Crippen MR) is 146 cm³/mol. The molecule has 0 radical (unpaired) electrons. The molecule has 5 rings (SSSR count). The van der Waals surface area contributed by atoms with Crippen LogP contribution in [0.25, 0.3) is 17.0 Å². The van der Waals surface area contributed by atoms with Crippen molar-refractivity contribution in [1.29, 1.82) is 5.41 Å². The summed E-state index contributed by atoms with van der Waals surface area (Å²) in [6, 6.07) is 15.8. The van der Waals surface area contributed by atoms with Gasteiger partial charge in [-0.2, -0.15) is 15.1 Å². The number of carbonyl (C=O) groups excluding carboxylic acids is 1. The summed E-state index contributed by atoms with van der Waals surface area (Å²) in [4.78, 5) is 17.1. The lowest BCUT2D eigenvalue weighted by atomic mass is 10.1. The minimum atomic E-state index is -0.406. The summed E-state index contributed by atoms with van der Waals surface area (Å²) in [5.74, 6) is 0.468. The van der Waals surface area contributed by atoms with Crippen molar-refractivity contribution in [2.45, 2.75) is 33.2 Å². The number of nitrogens with zero attached hydrogens (tertiary/aromatic N) is 4. The highest BCUT2D eigenvalue weighted by Gasteiger charge is 2.35. The summed E-state index contributed by atoms with van der Waals surface area (Å²) in [6.07, 6.45) is 3.53. The van der Waals surface area contributed by atoms with Crippen molar-refractivity contribution in [2.75, 3.05) is 6.61 Å². The molecule has 9 heteroatoms. The normalized spacial score (nSPS) is 16.7. The Balaban J connectivity index is 1.46. The molecular weight excluding hydrogens is 526 g/mol. The van der Waals surface area contributed by atoms with Crippen LogP contribution in [0.5, 0.6) is 5.75 Å². The van der Waals surface area contributed by atoms with Crippen LogP contribution in [0.3, 0.4) is 0 Å². The second kappa shape index (κ2) is 9.83. The van der Waals surface area contributed by atoms with Crippen molar-refractivity contribution in [3.05, 3.63) is 69.8 Å². The van der Waals surface area contributed by atoms with Crippen LogP contribution in [0.4, 0.5) is 0 Å². The highest BCUT2D eigenvalue weighted by Crippen LogP contribution is 2.32. The molecule has 3 heterocycles. The van der Waals surface area contributed by atoms with Crippen LogP contribution in [0.15, 0.2) is 68.7 Å². The van der Waals surface area contributed by atoms with E-state index in [2.05, 4.69) is 43.6 Å². The minimum Gasteiger partial charge on any atom is -0.492 e. The Labute approximate surface area is 216 Å². The number of amides is 1. The number of aromatic nitrogens is 1. The molecule has 0 unspecified atom stereocenters. The first-order chi connectivity index (χ1) is 17.0. The van der Waals surface area contributed by atoms with E-state index in [1.807, 2.05) is 49.4 Å². The molecule has 0 fully saturated rings. The van der Waals surface area contributed by atoms with Crippen molar-refractivity contribution < 1.29 is 9.53 Å². The second-order valence-corrected chi connectivity index (χ2v) is 10.2. The van der Waals surface area contributed by atoms with Crippen LogP contribution >= 0.6 is 27.7 Å². The molecule has 2 aliphatic rings. The van der Waals surface area contributed by atoms with Gasteiger partial charge in [-0.1, -0.05) is 41.1 Å². The first-order valence-electron chi connectivity index (χ1n) is 11.4. The van der Waals surface area contributed by atoms with Gasteiger partial charge in [0.25, 0.3) is 5.91 Å². The molecule has 1 aromatic heterocycles. The number of hydrogen-bond donors (Lipinski definition) is 1. The highest BCUT2D eigenvalue weighted by atomic mass is 79.9. The van der Waals surface area contributed by atoms with Crippen LogP contribution in [0.1, 0.15) is 31.0 Å². The molecule has 1 N–H and O–H groups in total. The van der Waals surface area contributed by atoms with Crippen molar-refractivity contribution >= 4 is 66.6 Å². The molecule has 2 aliphatic heterocycles. The van der Waals surface area contributed by atoms with Crippen LogP contribution in [-0.4, -0.2) is 38.1 Å². The Kier molecular flexibility index (Phi) is 6.62. The Hall–Kier alpha value is -3.17.